The van der Waals surface area contributed by atoms with Crippen molar-refractivity contribution in [2.45, 2.75) is 32.1 Å². The van der Waals surface area contributed by atoms with Crippen LogP contribution in [0.25, 0.3) is 10.9 Å². The number of likely N-dealkylation sites (tertiary alicyclic amines) is 1. The normalized spacial score (nSPS) is 16.8. The Bertz CT molecular complexity index is 871. The van der Waals surface area contributed by atoms with E-state index in [2.05, 4.69) is 31.9 Å². The van der Waals surface area contributed by atoms with E-state index >= 15 is 0 Å². The van der Waals surface area contributed by atoms with Crippen LogP contribution in [-0.4, -0.2) is 39.3 Å². The third-order valence-corrected chi connectivity index (χ3v) is 5.45. The summed E-state index contributed by atoms with van der Waals surface area (Å²) in [6.07, 6.45) is 5.45. The van der Waals surface area contributed by atoms with Gasteiger partial charge < -0.3 is 9.47 Å². The van der Waals surface area contributed by atoms with Gasteiger partial charge in [0.15, 0.2) is 0 Å². The van der Waals surface area contributed by atoms with E-state index in [0.29, 0.717) is 5.92 Å². The molecule has 25 heavy (non-hydrogen) atoms. The SMILES string of the molecule is Cc1cc(CCN2CCC(c3cn(C)c4ccc(F)cc34)CC2)n[nH]1. The Morgan fingerprint density at radius 1 is 1.24 bits per heavy atom. The van der Waals surface area contributed by atoms with Crippen molar-refractivity contribution in [1.82, 2.24) is 19.7 Å². The number of hydrogen-bond donors (Lipinski definition) is 1. The van der Waals surface area contributed by atoms with Crippen LogP contribution in [0, 0.1) is 12.7 Å². The van der Waals surface area contributed by atoms with E-state index in [0.717, 1.165) is 61.2 Å². The molecule has 1 aliphatic rings. The highest BCUT2D eigenvalue weighted by atomic mass is 19.1. The second kappa shape index (κ2) is 6.64. The number of hydrogen-bond acceptors (Lipinski definition) is 2. The topological polar surface area (TPSA) is 36.9 Å². The van der Waals surface area contributed by atoms with Crippen LogP contribution < -0.4 is 0 Å². The highest BCUT2D eigenvalue weighted by Gasteiger charge is 2.23. The van der Waals surface area contributed by atoms with Crippen molar-refractivity contribution in [1.29, 1.82) is 0 Å². The molecule has 0 saturated carbocycles. The van der Waals surface area contributed by atoms with Crippen molar-refractivity contribution in [2.24, 2.45) is 7.05 Å². The summed E-state index contributed by atoms with van der Waals surface area (Å²) < 4.78 is 15.8. The minimum absolute atomic E-state index is 0.147. The van der Waals surface area contributed by atoms with Crippen molar-refractivity contribution >= 4 is 10.9 Å². The average molecular weight is 340 g/mol. The molecule has 5 heteroatoms. The molecule has 0 spiro atoms. The molecule has 3 heterocycles. The molecular weight excluding hydrogens is 315 g/mol. The van der Waals surface area contributed by atoms with Gasteiger partial charge in [-0.25, -0.2) is 4.39 Å². The van der Waals surface area contributed by atoms with E-state index < -0.39 is 0 Å². The quantitative estimate of drug-likeness (QED) is 0.785. The fourth-order valence-electron chi connectivity index (χ4n) is 4.06. The van der Waals surface area contributed by atoms with Crippen molar-refractivity contribution < 1.29 is 4.39 Å². The van der Waals surface area contributed by atoms with Crippen molar-refractivity contribution in [2.75, 3.05) is 19.6 Å². The predicted octanol–water partition coefficient (Wildman–Crippen LogP) is 3.77. The van der Waals surface area contributed by atoms with E-state index in [4.69, 9.17) is 0 Å². The Kier molecular flexibility index (Phi) is 4.34. The Labute approximate surface area is 147 Å². The summed E-state index contributed by atoms with van der Waals surface area (Å²) >= 11 is 0. The fourth-order valence-corrected chi connectivity index (χ4v) is 4.06. The van der Waals surface area contributed by atoms with Crippen LogP contribution in [0.2, 0.25) is 0 Å². The van der Waals surface area contributed by atoms with Crippen molar-refractivity contribution in [3.63, 3.8) is 0 Å². The maximum Gasteiger partial charge on any atom is 0.123 e. The van der Waals surface area contributed by atoms with E-state index in [9.17, 15) is 4.39 Å². The molecule has 1 N–H and O–H groups in total. The van der Waals surface area contributed by atoms with E-state index in [1.807, 2.05) is 20.0 Å². The molecule has 1 aliphatic heterocycles. The number of H-pyrrole nitrogens is 1. The lowest BCUT2D eigenvalue weighted by molar-refractivity contribution is 0.214. The molecule has 0 amide bonds. The summed E-state index contributed by atoms with van der Waals surface area (Å²) in [5.41, 5.74) is 4.69. The molecule has 1 fully saturated rings. The van der Waals surface area contributed by atoms with Gasteiger partial charge >= 0.3 is 0 Å². The molecule has 3 aromatic rings. The lowest BCUT2D eigenvalue weighted by atomic mass is 9.89. The largest absolute Gasteiger partial charge is 0.350 e. The molecule has 1 saturated heterocycles. The zero-order chi connectivity index (χ0) is 17.4. The van der Waals surface area contributed by atoms with Gasteiger partial charge in [0.1, 0.15) is 5.82 Å². The summed E-state index contributed by atoms with van der Waals surface area (Å²) in [6, 6.07) is 7.25. The molecule has 132 valence electrons. The fraction of sp³-hybridized carbons (Fsp3) is 0.450. The van der Waals surface area contributed by atoms with E-state index in [-0.39, 0.29) is 5.82 Å². The van der Waals surface area contributed by atoms with Gasteiger partial charge in [0, 0.05) is 42.8 Å². The maximum atomic E-state index is 13.7. The van der Waals surface area contributed by atoms with Crippen molar-refractivity contribution in [3.8, 4) is 0 Å². The van der Waals surface area contributed by atoms with Gasteiger partial charge in [0.2, 0.25) is 0 Å². The second-order valence-corrected chi connectivity index (χ2v) is 7.27. The molecule has 2 aromatic heterocycles. The van der Waals surface area contributed by atoms with Crippen LogP contribution in [0.5, 0.6) is 0 Å². The van der Waals surface area contributed by atoms with Crippen LogP contribution in [0.4, 0.5) is 4.39 Å². The molecule has 4 nitrogen and oxygen atoms in total. The Balaban J connectivity index is 1.41. The first kappa shape index (κ1) is 16.3. The van der Waals surface area contributed by atoms with Gasteiger partial charge in [-0.2, -0.15) is 5.10 Å². The standard InChI is InChI=1S/C20H25FN4/c1-14-11-17(23-22-14)7-10-25-8-5-15(6-9-25)19-13-24(2)20-4-3-16(21)12-18(19)20/h3-4,11-13,15H,5-10H2,1-2H3,(H,22,23). The van der Waals surface area contributed by atoms with E-state index in [1.165, 1.54) is 5.56 Å². The molecular formula is C20H25FN4. The lowest BCUT2D eigenvalue weighted by Crippen LogP contribution is -2.34. The van der Waals surface area contributed by atoms with Gasteiger partial charge in [-0.3, -0.25) is 5.10 Å². The molecule has 4 rings (SSSR count). The number of aryl methyl sites for hydroxylation is 2. The first-order valence-corrected chi connectivity index (χ1v) is 9.08. The Hall–Kier alpha value is -2.14. The van der Waals surface area contributed by atoms with Gasteiger partial charge in [0.25, 0.3) is 0 Å². The summed E-state index contributed by atoms with van der Waals surface area (Å²) in [5.74, 6) is 0.376. The monoisotopic (exact) mass is 340 g/mol. The summed E-state index contributed by atoms with van der Waals surface area (Å²) in [6.45, 7) is 5.29. The minimum Gasteiger partial charge on any atom is -0.350 e. The highest BCUT2D eigenvalue weighted by molar-refractivity contribution is 5.84. The van der Waals surface area contributed by atoms with Gasteiger partial charge in [-0.15, -0.1) is 0 Å². The molecule has 0 bridgehead atoms. The number of aromatic amines is 1. The number of halogens is 1. The van der Waals surface area contributed by atoms with Crippen LogP contribution in [0.3, 0.4) is 0 Å². The molecule has 0 atom stereocenters. The third-order valence-electron chi connectivity index (χ3n) is 5.45. The number of nitrogens with zero attached hydrogens (tertiary/aromatic N) is 3. The number of piperidine rings is 1. The Morgan fingerprint density at radius 3 is 2.76 bits per heavy atom. The zero-order valence-electron chi connectivity index (χ0n) is 14.9. The lowest BCUT2D eigenvalue weighted by Gasteiger charge is -2.31. The van der Waals surface area contributed by atoms with Gasteiger partial charge in [-0.1, -0.05) is 0 Å². The summed E-state index contributed by atoms with van der Waals surface area (Å²) in [4.78, 5) is 2.52. The number of rotatable bonds is 4. The van der Waals surface area contributed by atoms with Crippen LogP contribution in [-0.2, 0) is 13.5 Å². The zero-order valence-corrected chi connectivity index (χ0v) is 14.9. The van der Waals surface area contributed by atoms with Crippen LogP contribution in [0.15, 0.2) is 30.5 Å². The number of aromatic nitrogens is 3. The first-order valence-electron chi connectivity index (χ1n) is 9.08. The molecule has 0 aliphatic carbocycles. The van der Waals surface area contributed by atoms with Gasteiger partial charge in [-0.05, 0) is 68.6 Å². The van der Waals surface area contributed by atoms with Crippen molar-refractivity contribution in [3.05, 3.63) is 53.2 Å². The molecule has 1 aromatic carbocycles. The molecule has 0 radical (unpaired) electrons. The highest BCUT2D eigenvalue weighted by Crippen LogP contribution is 2.34. The summed E-state index contributed by atoms with van der Waals surface area (Å²) in [5, 5.41) is 8.40. The predicted molar refractivity (Wildman–Crippen MR) is 98.3 cm³/mol. The van der Waals surface area contributed by atoms with Crippen LogP contribution in [0.1, 0.15) is 35.7 Å². The smallest absolute Gasteiger partial charge is 0.123 e. The third kappa shape index (κ3) is 3.33. The molecule has 0 unspecified atom stereocenters. The minimum atomic E-state index is -0.147. The average Bonchev–Trinajstić information content (AvgIpc) is 3.17. The van der Waals surface area contributed by atoms with E-state index in [1.54, 1.807) is 12.1 Å². The second-order valence-electron chi connectivity index (χ2n) is 7.27. The number of fused-ring (bicyclic) bond motifs is 1. The summed E-state index contributed by atoms with van der Waals surface area (Å²) in [7, 11) is 2.05. The first-order chi connectivity index (χ1) is 12.1. The maximum absolute atomic E-state index is 13.7. The number of benzene rings is 1. The Morgan fingerprint density at radius 2 is 2.04 bits per heavy atom. The van der Waals surface area contributed by atoms with Gasteiger partial charge in [0.05, 0.1) is 5.69 Å². The van der Waals surface area contributed by atoms with Crippen LogP contribution >= 0.6 is 0 Å². The number of nitrogens with one attached hydrogen (secondary N) is 1.